The predicted octanol–water partition coefficient (Wildman–Crippen LogP) is 3.76. The van der Waals surface area contributed by atoms with Crippen LogP contribution in [0.2, 0.25) is 0 Å². The van der Waals surface area contributed by atoms with Crippen molar-refractivity contribution in [2.75, 3.05) is 18.5 Å². The molecule has 0 aliphatic carbocycles. The van der Waals surface area contributed by atoms with Gasteiger partial charge in [0.1, 0.15) is 11.6 Å². The topological polar surface area (TPSA) is 41.5 Å². The van der Waals surface area contributed by atoms with Gasteiger partial charge in [0.2, 0.25) is 0 Å². The first-order valence-electron chi connectivity index (χ1n) is 7.10. The third-order valence-corrected chi connectivity index (χ3v) is 3.09. The SMILES string of the molecule is CCCOc1ccc(NCC(O)c2ccccc2F)cc1. The van der Waals surface area contributed by atoms with E-state index in [1.165, 1.54) is 6.07 Å². The fraction of sp³-hybridized carbons (Fsp3) is 0.294. The average molecular weight is 289 g/mol. The molecule has 4 heteroatoms. The highest BCUT2D eigenvalue weighted by atomic mass is 19.1. The van der Waals surface area contributed by atoms with Crippen molar-refractivity contribution in [2.45, 2.75) is 19.4 Å². The quantitative estimate of drug-likeness (QED) is 0.815. The van der Waals surface area contributed by atoms with Crippen LogP contribution >= 0.6 is 0 Å². The van der Waals surface area contributed by atoms with Crippen LogP contribution in [0.25, 0.3) is 0 Å². The van der Waals surface area contributed by atoms with Gasteiger partial charge in [-0.1, -0.05) is 25.1 Å². The molecule has 0 bridgehead atoms. The van der Waals surface area contributed by atoms with E-state index in [2.05, 4.69) is 12.2 Å². The molecule has 2 aromatic carbocycles. The molecule has 0 fully saturated rings. The third kappa shape index (κ3) is 4.46. The van der Waals surface area contributed by atoms with E-state index in [1.807, 2.05) is 24.3 Å². The molecule has 112 valence electrons. The monoisotopic (exact) mass is 289 g/mol. The van der Waals surface area contributed by atoms with Crippen LogP contribution in [0.3, 0.4) is 0 Å². The number of anilines is 1. The molecule has 0 heterocycles. The lowest BCUT2D eigenvalue weighted by atomic mass is 10.1. The fourth-order valence-electron chi connectivity index (χ4n) is 1.96. The number of aliphatic hydroxyl groups excluding tert-OH is 1. The van der Waals surface area contributed by atoms with E-state index in [9.17, 15) is 9.50 Å². The number of benzene rings is 2. The number of halogens is 1. The summed E-state index contributed by atoms with van der Waals surface area (Å²) in [5, 5.41) is 13.1. The summed E-state index contributed by atoms with van der Waals surface area (Å²) in [4.78, 5) is 0. The van der Waals surface area contributed by atoms with Crippen LogP contribution in [0.1, 0.15) is 25.0 Å². The van der Waals surface area contributed by atoms with Gasteiger partial charge in [0.25, 0.3) is 0 Å². The van der Waals surface area contributed by atoms with Crippen molar-refractivity contribution in [3.05, 3.63) is 59.9 Å². The Hall–Kier alpha value is -2.07. The lowest BCUT2D eigenvalue weighted by Gasteiger charge is -2.14. The number of aliphatic hydroxyl groups is 1. The van der Waals surface area contributed by atoms with E-state index in [0.29, 0.717) is 12.2 Å². The molecule has 0 saturated heterocycles. The van der Waals surface area contributed by atoms with Crippen LogP contribution in [0.5, 0.6) is 5.75 Å². The van der Waals surface area contributed by atoms with Crippen molar-refractivity contribution in [1.29, 1.82) is 0 Å². The minimum atomic E-state index is -0.887. The maximum absolute atomic E-state index is 13.5. The number of nitrogens with one attached hydrogen (secondary N) is 1. The van der Waals surface area contributed by atoms with Crippen molar-refractivity contribution < 1.29 is 14.2 Å². The summed E-state index contributed by atoms with van der Waals surface area (Å²) in [5.41, 5.74) is 1.15. The van der Waals surface area contributed by atoms with Crippen molar-refractivity contribution in [3.63, 3.8) is 0 Å². The van der Waals surface area contributed by atoms with Gasteiger partial charge in [-0.25, -0.2) is 4.39 Å². The zero-order valence-electron chi connectivity index (χ0n) is 12.1. The highest BCUT2D eigenvalue weighted by Gasteiger charge is 2.11. The van der Waals surface area contributed by atoms with E-state index >= 15 is 0 Å². The third-order valence-electron chi connectivity index (χ3n) is 3.09. The summed E-state index contributed by atoms with van der Waals surface area (Å²) in [7, 11) is 0. The molecule has 3 nitrogen and oxygen atoms in total. The Bertz CT molecular complexity index is 557. The van der Waals surface area contributed by atoms with Crippen molar-refractivity contribution in [1.82, 2.24) is 0 Å². The highest BCUT2D eigenvalue weighted by molar-refractivity contribution is 5.46. The standard InChI is InChI=1S/C17H20FNO2/c1-2-11-21-14-9-7-13(8-10-14)19-12-17(20)15-5-3-4-6-16(15)18/h3-10,17,19-20H,2,11-12H2,1H3. The Morgan fingerprint density at radius 2 is 1.86 bits per heavy atom. The van der Waals surface area contributed by atoms with Crippen LogP contribution in [-0.4, -0.2) is 18.3 Å². The zero-order valence-corrected chi connectivity index (χ0v) is 12.1. The van der Waals surface area contributed by atoms with Crippen molar-refractivity contribution in [2.24, 2.45) is 0 Å². The maximum Gasteiger partial charge on any atom is 0.129 e. The average Bonchev–Trinajstić information content (AvgIpc) is 2.52. The Kier molecular flexibility index (Phi) is 5.58. The summed E-state index contributed by atoms with van der Waals surface area (Å²) < 4.78 is 19.0. The fourth-order valence-corrected chi connectivity index (χ4v) is 1.96. The molecule has 21 heavy (non-hydrogen) atoms. The van der Waals surface area contributed by atoms with E-state index in [-0.39, 0.29) is 6.54 Å². The second-order valence-electron chi connectivity index (χ2n) is 4.79. The van der Waals surface area contributed by atoms with Crippen LogP contribution < -0.4 is 10.1 Å². The Morgan fingerprint density at radius 3 is 2.52 bits per heavy atom. The van der Waals surface area contributed by atoms with E-state index < -0.39 is 11.9 Å². The summed E-state index contributed by atoms with van der Waals surface area (Å²) in [6.07, 6.45) is 0.0803. The second-order valence-corrected chi connectivity index (χ2v) is 4.79. The second kappa shape index (κ2) is 7.64. The van der Waals surface area contributed by atoms with Crippen molar-refractivity contribution in [3.8, 4) is 5.75 Å². The van der Waals surface area contributed by atoms with Crippen LogP contribution in [0.4, 0.5) is 10.1 Å². The molecule has 0 radical (unpaired) electrons. The van der Waals surface area contributed by atoms with Crippen LogP contribution in [-0.2, 0) is 0 Å². The van der Waals surface area contributed by atoms with E-state index in [4.69, 9.17) is 4.74 Å². The first kappa shape index (κ1) is 15.3. The number of hydrogen-bond donors (Lipinski definition) is 2. The highest BCUT2D eigenvalue weighted by Crippen LogP contribution is 2.19. The Balaban J connectivity index is 1.89. The van der Waals surface area contributed by atoms with Gasteiger partial charge in [-0.15, -0.1) is 0 Å². The Morgan fingerprint density at radius 1 is 1.14 bits per heavy atom. The van der Waals surface area contributed by atoms with Crippen LogP contribution in [0.15, 0.2) is 48.5 Å². The van der Waals surface area contributed by atoms with Gasteiger partial charge in [-0.05, 0) is 36.8 Å². The van der Waals surface area contributed by atoms with Gasteiger partial charge in [0.05, 0.1) is 12.7 Å². The lowest BCUT2D eigenvalue weighted by molar-refractivity contribution is 0.186. The van der Waals surface area contributed by atoms with E-state index in [1.54, 1.807) is 18.2 Å². The van der Waals surface area contributed by atoms with Gasteiger partial charge in [0.15, 0.2) is 0 Å². The summed E-state index contributed by atoms with van der Waals surface area (Å²) in [6.45, 7) is 2.99. The normalized spacial score (nSPS) is 12.0. The molecule has 2 rings (SSSR count). The molecule has 0 spiro atoms. The minimum absolute atomic E-state index is 0.246. The zero-order chi connectivity index (χ0) is 15.1. The van der Waals surface area contributed by atoms with Crippen molar-refractivity contribution >= 4 is 5.69 Å². The van der Waals surface area contributed by atoms with Gasteiger partial charge in [0, 0.05) is 17.8 Å². The number of rotatable bonds is 7. The molecule has 1 unspecified atom stereocenters. The number of hydrogen-bond acceptors (Lipinski definition) is 3. The summed E-state index contributed by atoms with van der Waals surface area (Å²) in [5.74, 6) is 0.423. The van der Waals surface area contributed by atoms with Crippen LogP contribution in [0, 0.1) is 5.82 Å². The molecule has 1 atom stereocenters. The van der Waals surface area contributed by atoms with Gasteiger partial charge < -0.3 is 15.2 Å². The molecule has 2 N–H and O–H groups in total. The molecule has 0 aromatic heterocycles. The minimum Gasteiger partial charge on any atom is -0.494 e. The predicted molar refractivity (Wildman–Crippen MR) is 82.1 cm³/mol. The molecule has 0 amide bonds. The van der Waals surface area contributed by atoms with Gasteiger partial charge >= 0.3 is 0 Å². The molecule has 0 aliphatic rings. The van der Waals surface area contributed by atoms with Gasteiger partial charge in [-0.3, -0.25) is 0 Å². The molecular weight excluding hydrogens is 269 g/mol. The Labute approximate surface area is 124 Å². The lowest BCUT2D eigenvalue weighted by Crippen LogP contribution is -2.13. The first-order valence-corrected chi connectivity index (χ1v) is 7.10. The smallest absolute Gasteiger partial charge is 0.129 e. The molecule has 0 saturated carbocycles. The number of ether oxygens (including phenoxy) is 1. The molecule has 0 aliphatic heterocycles. The van der Waals surface area contributed by atoms with E-state index in [0.717, 1.165) is 17.9 Å². The molecular formula is C17H20FNO2. The summed E-state index contributed by atoms with van der Waals surface area (Å²) in [6, 6.07) is 13.7. The van der Waals surface area contributed by atoms with Gasteiger partial charge in [-0.2, -0.15) is 0 Å². The molecule has 2 aromatic rings. The maximum atomic E-state index is 13.5. The first-order chi connectivity index (χ1) is 10.2. The summed E-state index contributed by atoms with van der Waals surface area (Å²) >= 11 is 0. The largest absolute Gasteiger partial charge is 0.494 e.